The maximum atomic E-state index is 9.70. The standard InChI is InChI=1S/C16H26N2O2/c1-13-12-18(9-7-16(13)19)8-2-10-20-15-5-3-14(11-17)4-6-15/h3-6,13,16,19H,2,7-12,17H2,1H3. The highest BCUT2D eigenvalue weighted by molar-refractivity contribution is 5.26. The molecule has 1 fully saturated rings. The predicted octanol–water partition coefficient (Wildman–Crippen LogP) is 1.62. The molecular weight excluding hydrogens is 252 g/mol. The molecule has 1 heterocycles. The third kappa shape index (κ3) is 4.47. The Morgan fingerprint density at radius 3 is 2.75 bits per heavy atom. The smallest absolute Gasteiger partial charge is 0.119 e. The Hall–Kier alpha value is -1.10. The molecule has 112 valence electrons. The van der Waals surface area contributed by atoms with Gasteiger partial charge in [0.15, 0.2) is 0 Å². The monoisotopic (exact) mass is 278 g/mol. The van der Waals surface area contributed by atoms with Crippen molar-refractivity contribution in [1.82, 2.24) is 4.90 Å². The van der Waals surface area contributed by atoms with Crippen molar-refractivity contribution >= 4 is 0 Å². The molecule has 0 aliphatic carbocycles. The molecule has 0 amide bonds. The van der Waals surface area contributed by atoms with Crippen LogP contribution in [0.5, 0.6) is 5.75 Å². The van der Waals surface area contributed by atoms with Gasteiger partial charge in [-0.3, -0.25) is 0 Å². The van der Waals surface area contributed by atoms with E-state index in [0.29, 0.717) is 12.5 Å². The Labute approximate surface area is 121 Å². The van der Waals surface area contributed by atoms with Crippen molar-refractivity contribution in [3.63, 3.8) is 0 Å². The summed E-state index contributed by atoms with van der Waals surface area (Å²) in [5.41, 5.74) is 6.68. The minimum absolute atomic E-state index is 0.122. The zero-order chi connectivity index (χ0) is 14.4. The maximum Gasteiger partial charge on any atom is 0.119 e. The van der Waals surface area contributed by atoms with Gasteiger partial charge in [-0.1, -0.05) is 19.1 Å². The van der Waals surface area contributed by atoms with E-state index in [0.717, 1.165) is 50.4 Å². The fraction of sp³-hybridized carbons (Fsp3) is 0.625. The van der Waals surface area contributed by atoms with E-state index in [1.54, 1.807) is 0 Å². The number of aliphatic hydroxyl groups excluding tert-OH is 1. The van der Waals surface area contributed by atoms with Crippen LogP contribution >= 0.6 is 0 Å². The maximum absolute atomic E-state index is 9.70. The molecule has 0 bridgehead atoms. The molecular formula is C16H26N2O2. The van der Waals surface area contributed by atoms with Crippen LogP contribution in [0.1, 0.15) is 25.3 Å². The summed E-state index contributed by atoms with van der Waals surface area (Å²) in [7, 11) is 0. The van der Waals surface area contributed by atoms with Crippen molar-refractivity contribution in [3.05, 3.63) is 29.8 Å². The topological polar surface area (TPSA) is 58.7 Å². The van der Waals surface area contributed by atoms with Crippen molar-refractivity contribution in [3.8, 4) is 5.75 Å². The van der Waals surface area contributed by atoms with E-state index in [1.807, 2.05) is 24.3 Å². The number of nitrogens with two attached hydrogens (primary N) is 1. The molecule has 0 saturated carbocycles. The highest BCUT2D eigenvalue weighted by Gasteiger charge is 2.23. The van der Waals surface area contributed by atoms with Gasteiger partial charge in [0.05, 0.1) is 12.7 Å². The molecule has 1 aliphatic rings. The van der Waals surface area contributed by atoms with Crippen LogP contribution in [0.2, 0.25) is 0 Å². The summed E-state index contributed by atoms with van der Waals surface area (Å²) < 4.78 is 5.73. The Morgan fingerprint density at radius 1 is 1.35 bits per heavy atom. The first-order chi connectivity index (χ1) is 9.69. The van der Waals surface area contributed by atoms with Crippen LogP contribution in [0, 0.1) is 5.92 Å². The minimum atomic E-state index is -0.122. The number of hydrogen-bond donors (Lipinski definition) is 2. The van der Waals surface area contributed by atoms with Crippen LogP contribution in [-0.4, -0.2) is 42.4 Å². The first-order valence-corrected chi connectivity index (χ1v) is 7.51. The van der Waals surface area contributed by atoms with Crippen LogP contribution in [0.3, 0.4) is 0 Å². The fourth-order valence-electron chi connectivity index (χ4n) is 2.62. The summed E-state index contributed by atoms with van der Waals surface area (Å²) in [5, 5.41) is 9.70. The van der Waals surface area contributed by atoms with Crippen LogP contribution in [0.4, 0.5) is 0 Å². The quantitative estimate of drug-likeness (QED) is 0.776. The van der Waals surface area contributed by atoms with E-state index in [2.05, 4.69) is 11.8 Å². The van der Waals surface area contributed by atoms with Crippen LogP contribution in [0.25, 0.3) is 0 Å². The van der Waals surface area contributed by atoms with E-state index in [1.165, 1.54) is 0 Å². The molecule has 0 spiro atoms. The van der Waals surface area contributed by atoms with Gasteiger partial charge in [-0.2, -0.15) is 0 Å². The second-order valence-electron chi connectivity index (χ2n) is 5.68. The molecule has 1 aliphatic heterocycles. The highest BCUT2D eigenvalue weighted by atomic mass is 16.5. The first-order valence-electron chi connectivity index (χ1n) is 7.51. The van der Waals surface area contributed by atoms with Gasteiger partial charge in [0.25, 0.3) is 0 Å². The summed E-state index contributed by atoms with van der Waals surface area (Å²) >= 11 is 0. The van der Waals surface area contributed by atoms with Crippen molar-refractivity contribution < 1.29 is 9.84 Å². The molecule has 20 heavy (non-hydrogen) atoms. The summed E-state index contributed by atoms with van der Waals surface area (Å²) in [5.74, 6) is 1.29. The summed E-state index contributed by atoms with van der Waals surface area (Å²) in [6, 6.07) is 7.95. The van der Waals surface area contributed by atoms with E-state index in [4.69, 9.17) is 10.5 Å². The number of nitrogens with zero attached hydrogens (tertiary/aromatic N) is 1. The van der Waals surface area contributed by atoms with E-state index < -0.39 is 0 Å². The number of hydrogen-bond acceptors (Lipinski definition) is 4. The van der Waals surface area contributed by atoms with Gasteiger partial charge in [0.2, 0.25) is 0 Å². The van der Waals surface area contributed by atoms with Crippen molar-refractivity contribution in [2.45, 2.75) is 32.4 Å². The van der Waals surface area contributed by atoms with Crippen LogP contribution in [0.15, 0.2) is 24.3 Å². The molecule has 3 N–H and O–H groups in total. The molecule has 1 saturated heterocycles. The molecule has 2 atom stereocenters. The number of rotatable bonds is 6. The molecule has 1 aromatic carbocycles. The van der Waals surface area contributed by atoms with Gasteiger partial charge in [-0.25, -0.2) is 0 Å². The van der Waals surface area contributed by atoms with E-state index in [9.17, 15) is 5.11 Å². The largest absolute Gasteiger partial charge is 0.494 e. The average Bonchev–Trinajstić information content (AvgIpc) is 2.48. The summed E-state index contributed by atoms with van der Waals surface area (Å²) in [6.07, 6.45) is 1.79. The first kappa shape index (κ1) is 15.3. The van der Waals surface area contributed by atoms with Crippen LogP contribution in [-0.2, 0) is 6.54 Å². The van der Waals surface area contributed by atoms with Crippen LogP contribution < -0.4 is 10.5 Å². The zero-order valence-corrected chi connectivity index (χ0v) is 12.3. The van der Waals surface area contributed by atoms with Gasteiger partial charge < -0.3 is 20.5 Å². The Bertz CT molecular complexity index is 394. The molecule has 0 aromatic heterocycles. The number of piperidine rings is 1. The number of aliphatic hydroxyl groups is 1. The fourth-order valence-corrected chi connectivity index (χ4v) is 2.62. The van der Waals surface area contributed by atoms with Gasteiger partial charge in [-0.05, 0) is 36.5 Å². The Kier molecular flexibility index (Phi) is 5.83. The van der Waals surface area contributed by atoms with E-state index >= 15 is 0 Å². The van der Waals surface area contributed by atoms with Gasteiger partial charge in [-0.15, -0.1) is 0 Å². The summed E-state index contributed by atoms with van der Waals surface area (Å²) in [6.45, 7) is 6.45. The number of ether oxygens (including phenoxy) is 1. The second kappa shape index (κ2) is 7.62. The van der Waals surface area contributed by atoms with Crippen molar-refractivity contribution in [2.75, 3.05) is 26.2 Å². The molecule has 2 unspecified atom stereocenters. The van der Waals surface area contributed by atoms with Gasteiger partial charge in [0.1, 0.15) is 5.75 Å². The molecule has 2 rings (SSSR count). The van der Waals surface area contributed by atoms with E-state index in [-0.39, 0.29) is 6.10 Å². The SMILES string of the molecule is CC1CN(CCCOc2ccc(CN)cc2)CCC1O. The van der Waals surface area contributed by atoms with Crippen molar-refractivity contribution in [1.29, 1.82) is 0 Å². The number of likely N-dealkylation sites (tertiary alicyclic amines) is 1. The van der Waals surface area contributed by atoms with Gasteiger partial charge >= 0.3 is 0 Å². The molecule has 1 aromatic rings. The molecule has 0 radical (unpaired) electrons. The Morgan fingerprint density at radius 2 is 2.10 bits per heavy atom. The lowest BCUT2D eigenvalue weighted by molar-refractivity contribution is 0.0334. The van der Waals surface area contributed by atoms with Crippen molar-refractivity contribution in [2.24, 2.45) is 11.7 Å². The highest BCUT2D eigenvalue weighted by Crippen LogP contribution is 2.17. The Balaban J connectivity index is 1.63. The second-order valence-corrected chi connectivity index (χ2v) is 5.68. The predicted molar refractivity (Wildman–Crippen MR) is 80.7 cm³/mol. The van der Waals surface area contributed by atoms with Gasteiger partial charge in [0, 0.05) is 26.2 Å². The molecule has 4 nitrogen and oxygen atoms in total. The molecule has 4 heteroatoms. The minimum Gasteiger partial charge on any atom is -0.494 e. The summed E-state index contributed by atoms with van der Waals surface area (Å²) in [4.78, 5) is 2.41. The third-order valence-corrected chi connectivity index (χ3v) is 3.99. The third-order valence-electron chi connectivity index (χ3n) is 3.99. The zero-order valence-electron chi connectivity index (χ0n) is 12.3. The normalized spacial score (nSPS) is 23.8. The number of benzene rings is 1. The average molecular weight is 278 g/mol. The lowest BCUT2D eigenvalue weighted by atomic mass is 9.97. The lowest BCUT2D eigenvalue weighted by Gasteiger charge is -2.34. The lowest BCUT2D eigenvalue weighted by Crippen LogP contribution is -2.42.